The van der Waals surface area contributed by atoms with Gasteiger partial charge in [-0.2, -0.15) is 13.2 Å². The Kier molecular flexibility index (Phi) is 11.4. The second kappa shape index (κ2) is 15.0. The Labute approximate surface area is 265 Å². The van der Waals surface area contributed by atoms with Crippen molar-refractivity contribution in [3.8, 4) is 5.75 Å². The Morgan fingerprint density at radius 2 is 1.78 bits per heavy atom. The maximum atomic E-state index is 13.8. The molecule has 1 saturated heterocycles. The molecule has 3 heterocycles. The van der Waals surface area contributed by atoms with E-state index in [1.807, 2.05) is 26.0 Å². The van der Waals surface area contributed by atoms with Crippen molar-refractivity contribution < 1.29 is 17.9 Å². The van der Waals surface area contributed by atoms with Gasteiger partial charge < -0.3 is 15.0 Å². The molecule has 1 aliphatic rings. The van der Waals surface area contributed by atoms with Gasteiger partial charge in [0.25, 0.3) is 0 Å². The van der Waals surface area contributed by atoms with Crippen LogP contribution in [0.3, 0.4) is 0 Å². The number of aromatic nitrogens is 3. The highest BCUT2D eigenvalue weighted by atomic mass is 19.4. The van der Waals surface area contributed by atoms with E-state index in [1.165, 1.54) is 50.9 Å². The summed E-state index contributed by atoms with van der Waals surface area (Å²) in [6.07, 6.45) is 7.07. The zero-order valence-corrected chi connectivity index (χ0v) is 27.4. The summed E-state index contributed by atoms with van der Waals surface area (Å²) in [5.74, 6) is 1.40. The minimum Gasteiger partial charge on any atom is -0.493 e. The van der Waals surface area contributed by atoms with Crippen molar-refractivity contribution in [2.75, 3.05) is 31.6 Å². The lowest BCUT2D eigenvalue weighted by Gasteiger charge is -2.27. The minimum atomic E-state index is -4.54. The smallest absolute Gasteiger partial charge is 0.418 e. The van der Waals surface area contributed by atoms with Gasteiger partial charge in [-0.25, -0.2) is 9.97 Å². The first-order valence-corrected chi connectivity index (χ1v) is 15.9. The zero-order valence-electron chi connectivity index (χ0n) is 27.4. The molecule has 4 rings (SSSR count). The van der Waals surface area contributed by atoms with E-state index in [0.717, 1.165) is 46.8 Å². The molecular formula is C36H46F3N5O. The van der Waals surface area contributed by atoms with E-state index >= 15 is 0 Å². The molecule has 2 aromatic heterocycles. The molecule has 3 aromatic rings. The Hall–Kier alpha value is -3.72. The van der Waals surface area contributed by atoms with E-state index in [1.54, 1.807) is 19.1 Å². The number of anilines is 2. The van der Waals surface area contributed by atoms with Gasteiger partial charge in [0.1, 0.15) is 17.9 Å². The second-order valence-corrected chi connectivity index (χ2v) is 12.6. The van der Waals surface area contributed by atoms with E-state index < -0.39 is 11.7 Å². The van der Waals surface area contributed by atoms with Crippen LogP contribution in [0.25, 0.3) is 17.2 Å². The molecular weight excluding hydrogens is 575 g/mol. The molecule has 242 valence electrons. The third kappa shape index (κ3) is 8.93. The fraction of sp³-hybridized carbons (Fsp3) is 0.472. The summed E-state index contributed by atoms with van der Waals surface area (Å²) in [5.41, 5.74) is 2.21. The molecule has 45 heavy (non-hydrogen) atoms. The Morgan fingerprint density at radius 3 is 2.44 bits per heavy atom. The molecule has 0 radical (unpaired) electrons. The van der Waals surface area contributed by atoms with E-state index in [0.29, 0.717) is 29.8 Å². The molecule has 1 aromatic carbocycles. The van der Waals surface area contributed by atoms with Crippen LogP contribution in [-0.4, -0.2) is 46.1 Å². The lowest BCUT2D eigenvalue weighted by atomic mass is 9.86. The van der Waals surface area contributed by atoms with Crippen molar-refractivity contribution in [1.82, 2.24) is 19.9 Å². The highest BCUT2D eigenvalue weighted by Crippen LogP contribution is 2.35. The summed E-state index contributed by atoms with van der Waals surface area (Å²) in [6.45, 7) is 16.2. The van der Waals surface area contributed by atoms with Crippen LogP contribution in [0.5, 0.6) is 5.75 Å². The number of hydrogen-bond donors (Lipinski definition) is 1. The Balaban J connectivity index is 1.69. The van der Waals surface area contributed by atoms with Gasteiger partial charge in [0.05, 0.1) is 23.2 Å². The summed E-state index contributed by atoms with van der Waals surface area (Å²) < 4.78 is 47.9. The molecule has 6 nitrogen and oxygen atoms in total. The topological polar surface area (TPSA) is 63.2 Å². The van der Waals surface area contributed by atoms with Crippen molar-refractivity contribution in [3.63, 3.8) is 0 Å². The number of likely N-dealkylation sites (tertiary alicyclic amines) is 1. The van der Waals surface area contributed by atoms with E-state index in [9.17, 15) is 13.2 Å². The van der Waals surface area contributed by atoms with Crippen LogP contribution in [0.4, 0.5) is 24.7 Å². The van der Waals surface area contributed by atoms with Crippen molar-refractivity contribution in [2.24, 2.45) is 0 Å². The van der Waals surface area contributed by atoms with Crippen molar-refractivity contribution in [2.45, 2.75) is 85.2 Å². The number of hydrogen-bond acceptors (Lipinski definition) is 6. The summed E-state index contributed by atoms with van der Waals surface area (Å²) in [7, 11) is 0. The highest BCUT2D eigenvalue weighted by molar-refractivity contribution is 5.88. The number of piperidine rings is 1. The molecule has 0 saturated carbocycles. The SMILES string of the molecule is C\C=C(/C=c1/ncnc(Nc2ccc(C(C)(C)C)c(OCCCN3CCCCC3)c2)/c1=C(\C)CC)c1ncccc1C(F)(F)F. The maximum absolute atomic E-state index is 13.8. The summed E-state index contributed by atoms with van der Waals surface area (Å²) >= 11 is 0. The molecule has 0 amide bonds. The van der Waals surface area contributed by atoms with Crippen LogP contribution in [0.2, 0.25) is 0 Å². The van der Waals surface area contributed by atoms with Gasteiger partial charge in [0.15, 0.2) is 0 Å². The van der Waals surface area contributed by atoms with Crippen molar-refractivity contribution >= 4 is 28.7 Å². The third-order valence-corrected chi connectivity index (χ3v) is 8.20. The maximum Gasteiger partial charge on any atom is 0.418 e. The zero-order chi connectivity index (χ0) is 32.6. The van der Waals surface area contributed by atoms with Crippen molar-refractivity contribution in [1.29, 1.82) is 0 Å². The molecule has 0 aliphatic carbocycles. The largest absolute Gasteiger partial charge is 0.493 e. The number of halogens is 3. The molecule has 0 atom stereocenters. The van der Waals surface area contributed by atoms with Gasteiger partial charge in [-0.15, -0.1) is 0 Å². The predicted molar refractivity (Wildman–Crippen MR) is 177 cm³/mol. The van der Waals surface area contributed by atoms with E-state index in [2.05, 4.69) is 52.0 Å². The average Bonchev–Trinajstić information content (AvgIpc) is 3.01. The van der Waals surface area contributed by atoms with Crippen LogP contribution in [0, 0.1) is 0 Å². The van der Waals surface area contributed by atoms with Gasteiger partial charge >= 0.3 is 6.18 Å². The van der Waals surface area contributed by atoms with Crippen LogP contribution < -0.4 is 20.6 Å². The molecule has 1 N–H and O–H groups in total. The number of pyridine rings is 1. The molecule has 1 aliphatic heterocycles. The molecule has 0 bridgehead atoms. The number of ether oxygens (including phenoxy) is 1. The summed E-state index contributed by atoms with van der Waals surface area (Å²) in [6, 6.07) is 8.46. The van der Waals surface area contributed by atoms with E-state index in [-0.39, 0.29) is 11.1 Å². The standard InChI is InChI=1S/C36H46F3N5O/c1-7-25(3)32-30(22-26(8-2)33-29(36(37,38)39)14-12-17-40-33)41-24-42-34(32)43-27-15-16-28(35(4,5)6)31(23-27)45-21-13-20-44-18-10-9-11-19-44/h8,12,14-17,22-24H,7,9-11,13,18-21H2,1-6H3,(H,41,42,43)/b26-8+,30-22+,32-25+. The second-order valence-electron chi connectivity index (χ2n) is 12.6. The van der Waals surface area contributed by atoms with Crippen molar-refractivity contribution in [3.05, 3.63) is 76.3 Å². The van der Waals surface area contributed by atoms with Crippen LogP contribution >= 0.6 is 0 Å². The molecule has 1 fully saturated rings. The van der Waals surface area contributed by atoms with Gasteiger partial charge in [0.2, 0.25) is 0 Å². The lowest BCUT2D eigenvalue weighted by molar-refractivity contribution is -0.138. The Bertz CT molecular complexity index is 1600. The number of nitrogens with zero attached hydrogens (tertiary/aromatic N) is 4. The minimum absolute atomic E-state index is 0.112. The van der Waals surface area contributed by atoms with Crippen LogP contribution in [0.1, 0.15) is 90.5 Å². The summed E-state index contributed by atoms with van der Waals surface area (Å²) in [5, 5.41) is 4.72. The van der Waals surface area contributed by atoms with Gasteiger partial charge in [-0.1, -0.05) is 51.8 Å². The molecule has 9 heteroatoms. The van der Waals surface area contributed by atoms with Gasteiger partial charge in [-0.3, -0.25) is 4.98 Å². The predicted octanol–water partition coefficient (Wildman–Crippen LogP) is 7.65. The molecule has 0 spiro atoms. The monoisotopic (exact) mass is 621 g/mol. The fourth-order valence-electron chi connectivity index (χ4n) is 5.63. The normalized spacial score (nSPS) is 16.1. The third-order valence-electron chi connectivity index (χ3n) is 8.20. The number of rotatable bonds is 10. The van der Waals surface area contributed by atoms with E-state index in [4.69, 9.17) is 4.74 Å². The molecule has 0 unspecified atom stereocenters. The first-order chi connectivity index (χ1) is 21.4. The van der Waals surface area contributed by atoms with Gasteiger partial charge in [-0.05, 0) is 93.4 Å². The number of alkyl halides is 3. The van der Waals surface area contributed by atoms with Gasteiger partial charge in [0, 0.05) is 29.7 Å². The fourth-order valence-corrected chi connectivity index (χ4v) is 5.63. The first kappa shape index (κ1) is 34.2. The average molecular weight is 622 g/mol. The highest BCUT2D eigenvalue weighted by Gasteiger charge is 2.34. The number of allylic oxidation sites excluding steroid dienone is 2. The van der Waals surface area contributed by atoms with Crippen LogP contribution in [-0.2, 0) is 11.6 Å². The Morgan fingerprint density at radius 1 is 1.02 bits per heavy atom. The van der Waals surface area contributed by atoms with Crippen LogP contribution in [0.15, 0.2) is 48.9 Å². The lowest BCUT2D eigenvalue weighted by Crippen LogP contribution is -2.33. The number of nitrogens with one attached hydrogen (secondary N) is 1. The first-order valence-electron chi connectivity index (χ1n) is 15.9. The number of benzene rings is 1. The summed E-state index contributed by atoms with van der Waals surface area (Å²) in [4.78, 5) is 15.7. The quantitative estimate of drug-likeness (QED) is 0.235.